The summed E-state index contributed by atoms with van der Waals surface area (Å²) in [4.78, 5) is 11.4. The second-order valence-corrected chi connectivity index (χ2v) is 6.98. The van der Waals surface area contributed by atoms with Gasteiger partial charge in [-0.25, -0.2) is 12.7 Å². The highest BCUT2D eigenvalue weighted by Gasteiger charge is 2.25. The van der Waals surface area contributed by atoms with Crippen LogP contribution >= 0.6 is 0 Å². The number of nitrogens with zero attached hydrogens (tertiary/aromatic N) is 1. The van der Waals surface area contributed by atoms with E-state index in [1.165, 1.54) is 10.6 Å². The Kier molecular flexibility index (Phi) is 6.22. The third kappa shape index (κ3) is 5.46. The van der Waals surface area contributed by atoms with Gasteiger partial charge in [-0.2, -0.15) is 0 Å². The van der Waals surface area contributed by atoms with Crippen LogP contribution < -0.4 is 5.32 Å². The van der Waals surface area contributed by atoms with Gasteiger partial charge >= 0.3 is 5.97 Å². The number of carbonyl (C=O) groups excluding carboxylic acids is 1. The van der Waals surface area contributed by atoms with Crippen LogP contribution in [0, 0.1) is 5.92 Å². The zero-order chi connectivity index (χ0) is 14.5. The second-order valence-electron chi connectivity index (χ2n) is 5.00. The average molecular weight is 292 g/mol. The van der Waals surface area contributed by atoms with Crippen molar-refractivity contribution in [3.8, 4) is 0 Å². The van der Waals surface area contributed by atoms with E-state index in [9.17, 15) is 13.2 Å². The van der Waals surface area contributed by atoms with Gasteiger partial charge in [0.2, 0.25) is 10.0 Å². The van der Waals surface area contributed by atoms with Crippen molar-refractivity contribution in [2.45, 2.75) is 32.7 Å². The molecule has 0 aromatic rings. The van der Waals surface area contributed by atoms with E-state index >= 15 is 0 Å². The maximum atomic E-state index is 11.4. The van der Waals surface area contributed by atoms with E-state index < -0.39 is 10.0 Å². The molecule has 0 radical (unpaired) electrons. The lowest BCUT2D eigenvalue weighted by Crippen LogP contribution is -2.46. The Morgan fingerprint density at radius 3 is 2.47 bits per heavy atom. The molecule has 1 saturated heterocycles. The molecule has 0 aromatic heterocycles. The number of nitrogens with one attached hydrogen (secondary N) is 1. The third-order valence-corrected chi connectivity index (χ3v) is 4.63. The van der Waals surface area contributed by atoms with E-state index in [4.69, 9.17) is 4.74 Å². The Morgan fingerprint density at radius 2 is 2.00 bits per heavy atom. The Bertz CT molecular complexity index is 389. The fourth-order valence-electron chi connectivity index (χ4n) is 2.10. The highest BCUT2D eigenvalue weighted by molar-refractivity contribution is 7.88. The number of hydrogen-bond acceptors (Lipinski definition) is 5. The van der Waals surface area contributed by atoms with Crippen molar-refractivity contribution in [1.29, 1.82) is 0 Å². The summed E-state index contributed by atoms with van der Waals surface area (Å²) in [6.07, 6.45) is 2.80. The molecule has 0 aromatic carbocycles. The molecule has 0 bridgehead atoms. The van der Waals surface area contributed by atoms with Crippen molar-refractivity contribution < 1.29 is 17.9 Å². The van der Waals surface area contributed by atoms with Gasteiger partial charge in [-0.15, -0.1) is 0 Å². The maximum absolute atomic E-state index is 11.4. The minimum Gasteiger partial charge on any atom is -0.466 e. The summed E-state index contributed by atoms with van der Waals surface area (Å²) in [5, 5.41) is 3.31. The Hall–Kier alpha value is -0.660. The highest BCUT2D eigenvalue weighted by atomic mass is 32.2. The smallest absolute Gasteiger partial charge is 0.309 e. The van der Waals surface area contributed by atoms with Crippen LogP contribution in [-0.2, 0) is 19.6 Å². The molecule has 1 fully saturated rings. The largest absolute Gasteiger partial charge is 0.466 e. The molecule has 0 spiro atoms. The molecule has 0 amide bonds. The van der Waals surface area contributed by atoms with Crippen molar-refractivity contribution in [2.24, 2.45) is 5.92 Å². The van der Waals surface area contributed by atoms with Gasteiger partial charge in [-0.05, 0) is 19.8 Å². The van der Waals surface area contributed by atoms with Gasteiger partial charge < -0.3 is 10.1 Å². The van der Waals surface area contributed by atoms with Gasteiger partial charge in [0.25, 0.3) is 0 Å². The van der Waals surface area contributed by atoms with Gasteiger partial charge in [-0.3, -0.25) is 4.79 Å². The van der Waals surface area contributed by atoms with E-state index in [1.807, 2.05) is 6.92 Å². The quantitative estimate of drug-likeness (QED) is 0.708. The number of carbonyl (C=O) groups is 1. The number of esters is 1. The van der Waals surface area contributed by atoms with Crippen molar-refractivity contribution in [3.05, 3.63) is 0 Å². The van der Waals surface area contributed by atoms with Crippen molar-refractivity contribution in [1.82, 2.24) is 9.62 Å². The molecule has 1 rings (SSSR count). The van der Waals surface area contributed by atoms with Crippen LogP contribution in [0.15, 0.2) is 0 Å². The Labute approximate surface area is 115 Å². The number of hydrogen-bond donors (Lipinski definition) is 1. The molecule has 1 unspecified atom stereocenters. The summed E-state index contributed by atoms with van der Waals surface area (Å²) in [6.45, 7) is 5.68. The molecule has 6 nitrogen and oxygen atoms in total. The minimum atomic E-state index is -3.07. The number of rotatable bonds is 6. The van der Waals surface area contributed by atoms with Crippen LogP contribution in [0.2, 0.25) is 0 Å². The monoisotopic (exact) mass is 292 g/mol. The molecule has 19 heavy (non-hydrogen) atoms. The predicted molar refractivity (Wildman–Crippen MR) is 73.2 cm³/mol. The van der Waals surface area contributed by atoms with E-state index in [0.29, 0.717) is 26.2 Å². The van der Waals surface area contributed by atoms with Crippen molar-refractivity contribution in [3.63, 3.8) is 0 Å². The first-order chi connectivity index (χ1) is 8.84. The topological polar surface area (TPSA) is 75.7 Å². The molecule has 1 aliphatic rings. The summed E-state index contributed by atoms with van der Waals surface area (Å²) in [5.74, 6) is -0.364. The molecule has 0 saturated carbocycles. The van der Waals surface area contributed by atoms with Crippen LogP contribution in [0.3, 0.4) is 0 Å². The average Bonchev–Trinajstić information content (AvgIpc) is 2.35. The zero-order valence-corrected chi connectivity index (χ0v) is 12.7. The van der Waals surface area contributed by atoms with E-state index in [0.717, 1.165) is 12.8 Å². The molecule has 1 aliphatic heterocycles. The van der Waals surface area contributed by atoms with E-state index in [1.54, 1.807) is 6.92 Å². The van der Waals surface area contributed by atoms with Gasteiger partial charge in [0.05, 0.1) is 18.8 Å². The molecule has 1 atom stereocenters. The third-order valence-electron chi connectivity index (χ3n) is 3.32. The Morgan fingerprint density at radius 1 is 1.42 bits per heavy atom. The molecule has 112 valence electrons. The first kappa shape index (κ1) is 16.4. The fraction of sp³-hybridized carbons (Fsp3) is 0.917. The predicted octanol–water partition coefficient (Wildman–Crippen LogP) is 0.199. The maximum Gasteiger partial charge on any atom is 0.309 e. The van der Waals surface area contributed by atoms with Crippen LogP contribution in [-0.4, -0.2) is 57.2 Å². The normalized spacial score (nSPS) is 20.2. The van der Waals surface area contributed by atoms with Crippen LogP contribution in [0.1, 0.15) is 26.7 Å². The molecular weight excluding hydrogens is 268 g/mol. The van der Waals surface area contributed by atoms with Crippen molar-refractivity contribution in [2.75, 3.05) is 32.5 Å². The van der Waals surface area contributed by atoms with Gasteiger partial charge in [0.15, 0.2) is 0 Å². The van der Waals surface area contributed by atoms with Crippen molar-refractivity contribution >= 4 is 16.0 Å². The second kappa shape index (κ2) is 7.21. The van der Waals surface area contributed by atoms with E-state index in [-0.39, 0.29) is 17.9 Å². The summed E-state index contributed by atoms with van der Waals surface area (Å²) in [7, 11) is -3.07. The summed E-state index contributed by atoms with van der Waals surface area (Å²) >= 11 is 0. The van der Waals surface area contributed by atoms with Gasteiger partial charge in [0, 0.05) is 25.7 Å². The lowest BCUT2D eigenvalue weighted by atomic mass is 10.1. The van der Waals surface area contributed by atoms with Gasteiger partial charge in [0.1, 0.15) is 0 Å². The highest BCUT2D eigenvalue weighted by Crippen LogP contribution is 2.13. The first-order valence-electron chi connectivity index (χ1n) is 6.69. The van der Waals surface area contributed by atoms with Gasteiger partial charge in [-0.1, -0.05) is 6.92 Å². The minimum absolute atomic E-state index is 0.173. The first-order valence-corrected chi connectivity index (χ1v) is 8.54. The zero-order valence-electron chi connectivity index (χ0n) is 11.9. The van der Waals surface area contributed by atoms with Crippen LogP contribution in [0.25, 0.3) is 0 Å². The van der Waals surface area contributed by atoms with E-state index in [2.05, 4.69) is 5.32 Å². The summed E-state index contributed by atoms with van der Waals surface area (Å²) < 4.78 is 29.2. The number of sulfonamides is 1. The standard InChI is InChI=1S/C12H24N2O4S/c1-4-18-12(15)10(2)9-13-11-5-7-14(8-6-11)19(3,16)17/h10-11,13H,4-9H2,1-3H3. The molecule has 0 aliphatic carbocycles. The van der Waals surface area contributed by atoms with Crippen LogP contribution in [0.5, 0.6) is 0 Å². The lowest BCUT2D eigenvalue weighted by Gasteiger charge is -2.31. The fourth-order valence-corrected chi connectivity index (χ4v) is 2.98. The summed E-state index contributed by atoms with van der Waals surface area (Å²) in [6, 6.07) is 0.273. The number of piperidine rings is 1. The molecule has 1 N–H and O–H groups in total. The molecule has 1 heterocycles. The molecule has 7 heteroatoms. The SMILES string of the molecule is CCOC(=O)C(C)CNC1CCN(S(C)(=O)=O)CC1. The van der Waals surface area contributed by atoms with Crippen LogP contribution in [0.4, 0.5) is 0 Å². The molecular formula is C12H24N2O4S. The Balaban J connectivity index is 2.28. The summed E-state index contributed by atoms with van der Waals surface area (Å²) in [5.41, 5.74) is 0. The lowest BCUT2D eigenvalue weighted by molar-refractivity contribution is -0.147. The number of ether oxygens (including phenoxy) is 1.